The summed E-state index contributed by atoms with van der Waals surface area (Å²) in [4.78, 5) is 14.3. The van der Waals surface area contributed by atoms with Crippen molar-refractivity contribution in [2.45, 2.75) is 56.4 Å². The second-order valence-corrected chi connectivity index (χ2v) is 10.0. The first-order chi connectivity index (χ1) is 12.3. The number of hydrogen-bond acceptors (Lipinski definition) is 3. The fraction of sp³-hybridized carbons (Fsp3) is 0.632. The van der Waals surface area contributed by atoms with Gasteiger partial charge in [-0.25, -0.2) is 12.8 Å². The zero-order chi connectivity index (χ0) is 18.5. The quantitative estimate of drug-likeness (QED) is 0.810. The number of halogens is 1. The van der Waals surface area contributed by atoms with E-state index in [0.29, 0.717) is 37.7 Å². The lowest BCUT2D eigenvalue weighted by Gasteiger charge is -2.48. The summed E-state index contributed by atoms with van der Waals surface area (Å²) in [5.74, 6) is -0.330. The Kier molecular flexibility index (Phi) is 4.34. The summed E-state index contributed by atoms with van der Waals surface area (Å²) >= 11 is 0. The highest BCUT2D eigenvalue weighted by molar-refractivity contribution is 7.89. The minimum absolute atomic E-state index is 0.0560. The van der Waals surface area contributed by atoms with E-state index in [1.54, 1.807) is 6.92 Å². The number of sulfonamides is 1. The van der Waals surface area contributed by atoms with Crippen molar-refractivity contribution in [3.05, 3.63) is 29.6 Å². The average Bonchev–Trinajstić information content (AvgIpc) is 3.44. The molecular formula is C19H25FN2O3S. The molecule has 3 aliphatic rings. The maximum absolute atomic E-state index is 13.7. The van der Waals surface area contributed by atoms with Gasteiger partial charge in [0.25, 0.3) is 0 Å². The van der Waals surface area contributed by atoms with Crippen LogP contribution in [0.2, 0.25) is 0 Å². The van der Waals surface area contributed by atoms with Crippen LogP contribution in [0.3, 0.4) is 0 Å². The van der Waals surface area contributed by atoms with E-state index in [0.717, 1.165) is 38.2 Å². The molecule has 5 nitrogen and oxygen atoms in total. The number of carbonyl (C=O) groups is 1. The molecule has 2 saturated heterocycles. The van der Waals surface area contributed by atoms with E-state index >= 15 is 0 Å². The molecule has 0 aromatic heterocycles. The van der Waals surface area contributed by atoms with Gasteiger partial charge in [-0.1, -0.05) is 6.07 Å². The molecule has 2 heterocycles. The van der Waals surface area contributed by atoms with Crippen molar-refractivity contribution in [2.75, 3.05) is 19.6 Å². The van der Waals surface area contributed by atoms with Gasteiger partial charge in [-0.05, 0) is 56.7 Å². The number of nitrogens with zero attached hydrogens (tertiary/aromatic N) is 2. The van der Waals surface area contributed by atoms with E-state index in [-0.39, 0.29) is 16.2 Å². The fourth-order valence-corrected chi connectivity index (χ4v) is 6.28. The van der Waals surface area contributed by atoms with E-state index in [4.69, 9.17) is 0 Å². The first kappa shape index (κ1) is 17.9. The third-order valence-electron chi connectivity index (χ3n) is 6.08. The smallest absolute Gasteiger partial charge is 0.243 e. The molecule has 26 heavy (non-hydrogen) atoms. The standard InChI is InChI=1S/C19H25FN2O3S/c1-14-3-4-15(20)11-17(14)26(24,25)21-10-2-8-19(12-21)9-7-18(23)22(13-19)16-5-6-16/h3-4,11,16H,2,5-10,12-13H2,1H3. The molecule has 1 atom stereocenters. The van der Waals surface area contributed by atoms with E-state index in [9.17, 15) is 17.6 Å². The van der Waals surface area contributed by atoms with Crippen molar-refractivity contribution in [2.24, 2.45) is 5.41 Å². The molecule has 1 aromatic rings. The van der Waals surface area contributed by atoms with Crippen molar-refractivity contribution in [3.63, 3.8) is 0 Å². The molecule has 4 rings (SSSR count). The second kappa shape index (κ2) is 6.30. The van der Waals surface area contributed by atoms with Crippen LogP contribution in [0.25, 0.3) is 0 Å². The van der Waals surface area contributed by atoms with E-state index in [1.165, 1.54) is 16.4 Å². The number of aryl methyl sites for hydroxylation is 1. The Balaban J connectivity index is 1.60. The van der Waals surface area contributed by atoms with Crippen molar-refractivity contribution in [1.82, 2.24) is 9.21 Å². The number of benzene rings is 1. The van der Waals surface area contributed by atoms with Crippen LogP contribution in [0, 0.1) is 18.2 Å². The SMILES string of the molecule is Cc1ccc(F)cc1S(=O)(=O)N1CCCC2(CCC(=O)N(C3CC3)C2)C1. The van der Waals surface area contributed by atoms with Gasteiger partial charge in [0, 0.05) is 37.5 Å². The lowest BCUT2D eigenvalue weighted by molar-refractivity contribution is -0.139. The molecule has 1 unspecified atom stereocenters. The predicted octanol–water partition coefficient (Wildman–Crippen LogP) is 2.69. The Hall–Kier alpha value is -1.47. The van der Waals surface area contributed by atoms with Gasteiger partial charge < -0.3 is 4.90 Å². The van der Waals surface area contributed by atoms with Gasteiger partial charge in [-0.2, -0.15) is 4.31 Å². The topological polar surface area (TPSA) is 57.7 Å². The molecule has 142 valence electrons. The predicted molar refractivity (Wildman–Crippen MR) is 95.5 cm³/mol. The second-order valence-electron chi connectivity index (χ2n) is 8.10. The monoisotopic (exact) mass is 380 g/mol. The highest BCUT2D eigenvalue weighted by atomic mass is 32.2. The van der Waals surface area contributed by atoms with Gasteiger partial charge in [0.2, 0.25) is 15.9 Å². The molecular weight excluding hydrogens is 355 g/mol. The molecule has 7 heteroatoms. The molecule has 3 fully saturated rings. The van der Waals surface area contributed by atoms with Crippen LogP contribution in [-0.4, -0.2) is 49.2 Å². The number of piperidine rings is 2. The molecule has 0 N–H and O–H groups in total. The molecule has 0 radical (unpaired) electrons. The zero-order valence-corrected chi connectivity index (χ0v) is 15.9. The first-order valence-electron chi connectivity index (χ1n) is 9.37. The Labute approximate surface area is 154 Å². The minimum Gasteiger partial charge on any atom is -0.339 e. The Morgan fingerprint density at radius 2 is 1.96 bits per heavy atom. The molecule has 1 spiro atoms. The molecule has 1 amide bonds. The number of hydrogen-bond donors (Lipinski definition) is 0. The number of carbonyl (C=O) groups excluding carboxylic acids is 1. The maximum atomic E-state index is 13.7. The fourth-order valence-electron chi connectivity index (χ4n) is 4.46. The van der Waals surface area contributed by atoms with Gasteiger partial charge in [0.15, 0.2) is 0 Å². The van der Waals surface area contributed by atoms with Crippen LogP contribution < -0.4 is 0 Å². The average molecular weight is 380 g/mol. The summed E-state index contributed by atoms with van der Waals surface area (Å²) in [6, 6.07) is 4.27. The van der Waals surface area contributed by atoms with Crippen LogP contribution in [-0.2, 0) is 14.8 Å². The Morgan fingerprint density at radius 3 is 2.69 bits per heavy atom. The summed E-state index contributed by atoms with van der Waals surface area (Å²) in [5, 5.41) is 0. The molecule has 1 aromatic carbocycles. The summed E-state index contributed by atoms with van der Waals surface area (Å²) in [6.45, 7) is 3.23. The van der Waals surface area contributed by atoms with Gasteiger partial charge in [0.05, 0.1) is 4.90 Å². The van der Waals surface area contributed by atoms with Crippen molar-refractivity contribution in [3.8, 4) is 0 Å². The van der Waals surface area contributed by atoms with Gasteiger partial charge in [-0.15, -0.1) is 0 Å². The number of amides is 1. The third-order valence-corrected chi connectivity index (χ3v) is 8.06. The normalized spacial score (nSPS) is 27.9. The Morgan fingerprint density at radius 1 is 1.19 bits per heavy atom. The van der Waals surface area contributed by atoms with Crippen LogP contribution in [0.1, 0.15) is 44.1 Å². The van der Waals surface area contributed by atoms with Gasteiger partial charge in [0.1, 0.15) is 5.82 Å². The Bertz CT molecular complexity index is 837. The molecule has 0 bridgehead atoms. The van der Waals surface area contributed by atoms with Gasteiger partial charge >= 0.3 is 0 Å². The summed E-state index contributed by atoms with van der Waals surface area (Å²) in [6.07, 6.45) is 5.09. The van der Waals surface area contributed by atoms with Crippen LogP contribution in [0.5, 0.6) is 0 Å². The molecule has 1 aliphatic carbocycles. The van der Waals surface area contributed by atoms with E-state index in [1.807, 2.05) is 4.90 Å². The molecule has 1 saturated carbocycles. The lowest BCUT2D eigenvalue weighted by Crippen LogP contribution is -2.55. The van der Waals surface area contributed by atoms with Crippen molar-refractivity contribution < 1.29 is 17.6 Å². The maximum Gasteiger partial charge on any atom is 0.243 e. The minimum atomic E-state index is -3.74. The molecule has 2 aliphatic heterocycles. The zero-order valence-electron chi connectivity index (χ0n) is 15.1. The number of rotatable bonds is 3. The highest BCUT2D eigenvalue weighted by Crippen LogP contribution is 2.43. The third kappa shape index (κ3) is 3.16. The van der Waals surface area contributed by atoms with Crippen molar-refractivity contribution >= 4 is 15.9 Å². The summed E-state index contributed by atoms with van der Waals surface area (Å²) in [7, 11) is -3.74. The van der Waals surface area contributed by atoms with Crippen molar-refractivity contribution in [1.29, 1.82) is 0 Å². The van der Waals surface area contributed by atoms with Crippen LogP contribution >= 0.6 is 0 Å². The van der Waals surface area contributed by atoms with Crippen LogP contribution in [0.4, 0.5) is 4.39 Å². The lowest BCUT2D eigenvalue weighted by atomic mass is 9.74. The van der Waals surface area contributed by atoms with Crippen LogP contribution in [0.15, 0.2) is 23.1 Å². The van der Waals surface area contributed by atoms with E-state index in [2.05, 4.69) is 0 Å². The van der Waals surface area contributed by atoms with Gasteiger partial charge in [-0.3, -0.25) is 4.79 Å². The highest BCUT2D eigenvalue weighted by Gasteiger charge is 2.47. The largest absolute Gasteiger partial charge is 0.339 e. The summed E-state index contributed by atoms with van der Waals surface area (Å²) in [5.41, 5.74) is 0.396. The summed E-state index contributed by atoms with van der Waals surface area (Å²) < 4.78 is 41.5. The number of likely N-dealkylation sites (tertiary alicyclic amines) is 1. The first-order valence-corrected chi connectivity index (χ1v) is 10.8. The van der Waals surface area contributed by atoms with E-state index < -0.39 is 15.8 Å².